The minimum Gasteiger partial charge on any atom is -0.374 e. The Labute approximate surface area is 128 Å². The number of aryl methyl sites for hydroxylation is 2. The molecule has 1 atom stereocenters. The molecule has 1 fully saturated rings. The number of aromatic nitrogens is 1. The quantitative estimate of drug-likeness (QED) is 0.804. The standard InChI is InChI=1S/C16H29N3O2/c1-12(2)8-19-6-7-20-15(10-19)9-18(5)11-16-13(3)17-21-14(16)4/h12,15H,6-11H2,1-5H3. The van der Waals surface area contributed by atoms with Crippen LogP contribution >= 0.6 is 0 Å². The Morgan fingerprint density at radius 1 is 1.38 bits per heavy atom. The molecular weight excluding hydrogens is 266 g/mol. The normalized spacial score (nSPS) is 20.6. The molecule has 0 spiro atoms. The third kappa shape index (κ3) is 4.80. The number of hydrogen-bond acceptors (Lipinski definition) is 5. The Hall–Kier alpha value is -0.910. The summed E-state index contributed by atoms with van der Waals surface area (Å²) in [5.74, 6) is 1.63. The van der Waals surface area contributed by atoms with Crippen molar-refractivity contribution in [2.45, 2.75) is 40.3 Å². The van der Waals surface area contributed by atoms with Crippen LogP contribution in [0, 0.1) is 19.8 Å². The highest BCUT2D eigenvalue weighted by atomic mass is 16.5. The van der Waals surface area contributed by atoms with Gasteiger partial charge >= 0.3 is 0 Å². The van der Waals surface area contributed by atoms with Crippen LogP contribution < -0.4 is 0 Å². The van der Waals surface area contributed by atoms with Crippen molar-refractivity contribution in [3.05, 3.63) is 17.0 Å². The molecule has 1 aliphatic heterocycles. The minimum absolute atomic E-state index is 0.294. The molecule has 1 aliphatic rings. The zero-order valence-electron chi connectivity index (χ0n) is 14.1. The lowest BCUT2D eigenvalue weighted by atomic mass is 10.1. The third-order valence-corrected chi connectivity index (χ3v) is 3.97. The Balaban J connectivity index is 1.83. The van der Waals surface area contributed by atoms with Crippen LogP contribution in [0.25, 0.3) is 0 Å². The predicted molar refractivity (Wildman–Crippen MR) is 83.3 cm³/mol. The molecule has 0 N–H and O–H groups in total. The van der Waals surface area contributed by atoms with Gasteiger partial charge in [-0.25, -0.2) is 0 Å². The first-order valence-corrected chi connectivity index (χ1v) is 7.90. The number of morpholine rings is 1. The second-order valence-electron chi connectivity index (χ2n) is 6.65. The van der Waals surface area contributed by atoms with Crippen molar-refractivity contribution >= 4 is 0 Å². The van der Waals surface area contributed by atoms with Crippen LogP contribution in [0.5, 0.6) is 0 Å². The van der Waals surface area contributed by atoms with E-state index in [-0.39, 0.29) is 0 Å². The van der Waals surface area contributed by atoms with Crippen LogP contribution in [-0.2, 0) is 11.3 Å². The molecule has 5 heteroatoms. The average molecular weight is 295 g/mol. The molecule has 1 aromatic heterocycles. The van der Waals surface area contributed by atoms with E-state index in [1.165, 1.54) is 5.56 Å². The van der Waals surface area contributed by atoms with Crippen LogP contribution in [0.3, 0.4) is 0 Å². The van der Waals surface area contributed by atoms with Gasteiger partial charge in [0.25, 0.3) is 0 Å². The summed E-state index contributed by atoms with van der Waals surface area (Å²) >= 11 is 0. The second kappa shape index (κ2) is 7.38. The number of rotatable bonds is 6. The van der Waals surface area contributed by atoms with Crippen molar-refractivity contribution in [2.24, 2.45) is 5.92 Å². The summed E-state index contributed by atoms with van der Waals surface area (Å²) in [5.41, 5.74) is 2.19. The highest BCUT2D eigenvalue weighted by Gasteiger charge is 2.22. The molecular formula is C16H29N3O2. The van der Waals surface area contributed by atoms with Gasteiger partial charge in [-0.05, 0) is 26.8 Å². The zero-order valence-corrected chi connectivity index (χ0v) is 14.1. The number of nitrogens with zero attached hydrogens (tertiary/aromatic N) is 3. The molecule has 21 heavy (non-hydrogen) atoms. The first-order valence-electron chi connectivity index (χ1n) is 7.90. The van der Waals surface area contributed by atoms with Crippen LogP contribution in [0.4, 0.5) is 0 Å². The average Bonchev–Trinajstić information content (AvgIpc) is 2.70. The summed E-state index contributed by atoms with van der Waals surface area (Å²) in [6.45, 7) is 14.4. The molecule has 1 unspecified atom stereocenters. The van der Waals surface area contributed by atoms with E-state index in [1.807, 2.05) is 13.8 Å². The van der Waals surface area contributed by atoms with Crippen molar-refractivity contribution in [2.75, 3.05) is 39.8 Å². The molecule has 0 bridgehead atoms. The van der Waals surface area contributed by atoms with E-state index in [0.29, 0.717) is 12.0 Å². The van der Waals surface area contributed by atoms with E-state index < -0.39 is 0 Å². The zero-order chi connectivity index (χ0) is 15.4. The van der Waals surface area contributed by atoms with Gasteiger partial charge in [0.1, 0.15) is 5.76 Å². The van der Waals surface area contributed by atoms with E-state index in [1.54, 1.807) is 0 Å². The summed E-state index contributed by atoms with van der Waals surface area (Å²) in [5, 5.41) is 4.02. The van der Waals surface area contributed by atoms with Gasteiger partial charge in [-0.15, -0.1) is 0 Å². The fourth-order valence-corrected chi connectivity index (χ4v) is 2.98. The van der Waals surface area contributed by atoms with Crippen LogP contribution in [-0.4, -0.2) is 60.9 Å². The lowest BCUT2D eigenvalue weighted by molar-refractivity contribution is -0.0441. The van der Waals surface area contributed by atoms with E-state index in [0.717, 1.165) is 50.8 Å². The Morgan fingerprint density at radius 2 is 2.14 bits per heavy atom. The molecule has 1 aromatic rings. The number of ether oxygens (including phenoxy) is 1. The fourth-order valence-electron chi connectivity index (χ4n) is 2.98. The van der Waals surface area contributed by atoms with Gasteiger partial charge in [-0.3, -0.25) is 9.80 Å². The summed E-state index contributed by atoms with van der Waals surface area (Å²) in [4.78, 5) is 4.82. The Kier molecular flexibility index (Phi) is 5.79. The molecule has 1 saturated heterocycles. The van der Waals surface area contributed by atoms with Gasteiger partial charge in [-0.1, -0.05) is 19.0 Å². The smallest absolute Gasteiger partial charge is 0.138 e. The fraction of sp³-hybridized carbons (Fsp3) is 0.812. The summed E-state index contributed by atoms with van der Waals surface area (Å²) < 4.78 is 11.1. The number of likely N-dealkylation sites (N-methyl/N-ethyl adjacent to an activating group) is 1. The monoisotopic (exact) mass is 295 g/mol. The van der Waals surface area contributed by atoms with Gasteiger partial charge < -0.3 is 9.26 Å². The summed E-state index contributed by atoms with van der Waals surface area (Å²) in [6, 6.07) is 0. The second-order valence-corrected chi connectivity index (χ2v) is 6.65. The van der Waals surface area contributed by atoms with Crippen LogP contribution in [0.2, 0.25) is 0 Å². The van der Waals surface area contributed by atoms with Gasteiger partial charge in [0.2, 0.25) is 0 Å². The van der Waals surface area contributed by atoms with Gasteiger partial charge in [0, 0.05) is 38.3 Å². The topological polar surface area (TPSA) is 41.7 Å². The molecule has 0 amide bonds. The van der Waals surface area contributed by atoms with Crippen molar-refractivity contribution in [3.8, 4) is 0 Å². The van der Waals surface area contributed by atoms with Gasteiger partial charge in [0.05, 0.1) is 18.4 Å². The molecule has 0 aromatic carbocycles. The SMILES string of the molecule is Cc1noc(C)c1CN(C)CC1CN(CC(C)C)CCO1. The third-order valence-electron chi connectivity index (χ3n) is 3.97. The van der Waals surface area contributed by atoms with E-state index >= 15 is 0 Å². The summed E-state index contributed by atoms with van der Waals surface area (Å²) in [7, 11) is 2.14. The largest absolute Gasteiger partial charge is 0.374 e. The Morgan fingerprint density at radius 3 is 2.76 bits per heavy atom. The molecule has 5 nitrogen and oxygen atoms in total. The highest BCUT2D eigenvalue weighted by molar-refractivity contribution is 5.20. The van der Waals surface area contributed by atoms with Gasteiger partial charge in [-0.2, -0.15) is 0 Å². The van der Waals surface area contributed by atoms with E-state index in [2.05, 4.69) is 35.9 Å². The molecule has 120 valence electrons. The Bertz CT molecular complexity index is 425. The van der Waals surface area contributed by atoms with E-state index in [9.17, 15) is 0 Å². The van der Waals surface area contributed by atoms with E-state index in [4.69, 9.17) is 9.26 Å². The summed E-state index contributed by atoms with van der Waals surface area (Å²) in [6.07, 6.45) is 0.294. The number of hydrogen-bond donors (Lipinski definition) is 0. The first kappa shape index (κ1) is 16.5. The molecule has 0 aliphatic carbocycles. The maximum atomic E-state index is 5.92. The first-order chi connectivity index (χ1) is 9.95. The van der Waals surface area contributed by atoms with Crippen LogP contribution in [0.1, 0.15) is 30.9 Å². The van der Waals surface area contributed by atoms with Crippen molar-refractivity contribution < 1.29 is 9.26 Å². The van der Waals surface area contributed by atoms with Gasteiger partial charge in [0.15, 0.2) is 0 Å². The predicted octanol–water partition coefficient (Wildman–Crippen LogP) is 2.08. The lowest BCUT2D eigenvalue weighted by Crippen LogP contribution is -2.47. The van der Waals surface area contributed by atoms with Crippen molar-refractivity contribution in [1.82, 2.24) is 15.0 Å². The molecule has 0 saturated carbocycles. The molecule has 2 heterocycles. The minimum atomic E-state index is 0.294. The van der Waals surface area contributed by atoms with Crippen molar-refractivity contribution in [1.29, 1.82) is 0 Å². The van der Waals surface area contributed by atoms with Crippen molar-refractivity contribution in [3.63, 3.8) is 0 Å². The maximum Gasteiger partial charge on any atom is 0.138 e. The molecule has 0 radical (unpaired) electrons. The van der Waals surface area contributed by atoms with Crippen LogP contribution in [0.15, 0.2) is 4.52 Å². The lowest BCUT2D eigenvalue weighted by Gasteiger charge is -2.35. The highest BCUT2D eigenvalue weighted by Crippen LogP contribution is 2.15. The molecule has 2 rings (SSSR count). The maximum absolute atomic E-state index is 5.92.